The lowest BCUT2D eigenvalue weighted by molar-refractivity contribution is -0.149. The fourth-order valence-corrected chi connectivity index (χ4v) is 4.03. The quantitative estimate of drug-likeness (QED) is 0.624. The van der Waals surface area contributed by atoms with Crippen LogP contribution < -0.4 is 15.5 Å². The molecule has 2 aliphatic heterocycles. The summed E-state index contributed by atoms with van der Waals surface area (Å²) in [7, 11) is 0. The predicted molar refractivity (Wildman–Crippen MR) is 109 cm³/mol. The van der Waals surface area contributed by atoms with Gasteiger partial charge in [0, 0.05) is 36.6 Å². The van der Waals surface area contributed by atoms with Crippen LogP contribution in [0.3, 0.4) is 0 Å². The molecule has 0 bridgehead atoms. The highest BCUT2D eigenvalue weighted by molar-refractivity contribution is 6.30. The minimum absolute atomic E-state index is 0.0689. The summed E-state index contributed by atoms with van der Waals surface area (Å²) >= 11 is 5.78. The van der Waals surface area contributed by atoms with Crippen molar-refractivity contribution < 1.29 is 28.3 Å². The van der Waals surface area contributed by atoms with E-state index in [9.17, 15) is 28.3 Å². The lowest BCUT2D eigenvalue weighted by atomic mass is 10.0. The monoisotopic (exact) mass is 449 g/mol. The van der Waals surface area contributed by atoms with Crippen LogP contribution in [0.5, 0.6) is 0 Å². The molecule has 162 valence electrons. The first-order valence-electron chi connectivity index (χ1n) is 9.57. The van der Waals surface area contributed by atoms with Crippen molar-refractivity contribution in [2.24, 2.45) is 0 Å². The van der Waals surface area contributed by atoms with Crippen molar-refractivity contribution in [3.8, 4) is 0 Å². The lowest BCUT2D eigenvalue weighted by Crippen LogP contribution is -2.52. The molecular weight excluding hydrogens is 432 g/mol. The summed E-state index contributed by atoms with van der Waals surface area (Å²) < 4.78 is 28.1. The van der Waals surface area contributed by atoms with Gasteiger partial charge in [0.1, 0.15) is 11.6 Å². The topological polar surface area (TPSA) is 98.7 Å². The van der Waals surface area contributed by atoms with Crippen molar-refractivity contribution in [2.45, 2.75) is 31.4 Å². The second-order valence-corrected chi connectivity index (χ2v) is 7.97. The van der Waals surface area contributed by atoms with Gasteiger partial charge < -0.3 is 20.6 Å². The Morgan fingerprint density at radius 1 is 1.19 bits per heavy atom. The fourth-order valence-electron chi connectivity index (χ4n) is 3.78. The first kappa shape index (κ1) is 21.2. The molecule has 1 saturated heterocycles. The van der Waals surface area contributed by atoms with E-state index in [1.807, 2.05) is 0 Å². The fraction of sp³-hybridized carbons (Fsp3) is 0.286. The van der Waals surface area contributed by atoms with E-state index in [0.29, 0.717) is 23.2 Å². The van der Waals surface area contributed by atoms with Crippen molar-refractivity contribution >= 4 is 40.7 Å². The summed E-state index contributed by atoms with van der Waals surface area (Å²) in [4.78, 5) is 37.9. The van der Waals surface area contributed by atoms with E-state index >= 15 is 0 Å². The smallest absolute Gasteiger partial charge is 0.268 e. The minimum Gasteiger partial charge on any atom is -0.372 e. The van der Waals surface area contributed by atoms with E-state index in [1.165, 1.54) is 18.2 Å². The molecule has 2 aromatic carbocycles. The average Bonchev–Trinajstić information content (AvgIpc) is 3.01. The second kappa shape index (κ2) is 7.90. The summed E-state index contributed by atoms with van der Waals surface area (Å²) in [6.07, 6.45) is 0.384. The number of benzene rings is 2. The number of amides is 3. The Bertz CT molecular complexity index is 1090. The molecule has 0 spiro atoms. The van der Waals surface area contributed by atoms with Gasteiger partial charge in [0.05, 0.1) is 5.69 Å². The number of nitrogens with one attached hydrogen (secondary N) is 2. The molecular formula is C21H18ClF2N3O4. The molecule has 2 heterocycles. The van der Waals surface area contributed by atoms with Crippen molar-refractivity contribution in [1.29, 1.82) is 0 Å². The Kier molecular flexibility index (Phi) is 5.40. The number of fused-ring (bicyclic) bond motifs is 1. The number of halogens is 3. The maximum absolute atomic E-state index is 14.7. The van der Waals surface area contributed by atoms with Gasteiger partial charge in [-0.15, -0.1) is 0 Å². The predicted octanol–water partition coefficient (Wildman–Crippen LogP) is 2.29. The Balaban J connectivity index is 1.51. The van der Waals surface area contributed by atoms with Gasteiger partial charge in [-0.05, 0) is 47.9 Å². The van der Waals surface area contributed by atoms with E-state index in [1.54, 1.807) is 0 Å². The summed E-state index contributed by atoms with van der Waals surface area (Å²) in [5, 5.41) is 15.8. The third-order valence-corrected chi connectivity index (χ3v) is 5.62. The number of aryl methyl sites for hydroxylation is 1. The number of nitrogens with zero attached hydrogens (tertiary/aromatic N) is 1. The van der Waals surface area contributed by atoms with Crippen LogP contribution >= 0.6 is 11.6 Å². The summed E-state index contributed by atoms with van der Waals surface area (Å²) in [6, 6.07) is 6.29. The Hall–Kier alpha value is -3.04. The molecule has 0 radical (unpaired) electrons. The van der Waals surface area contributed by atoms with Crippen molar-refractivity contribution in [2.75, 3.05) is 16.8 Å². The van der Waals surface area contributed by atoms with Gasteiger partial charge >= 0.3 is 0 Å². The highest BCUT2D eigenvalue weighted by Crippen LogP contribution is 2.35. The normalized spacial score (nSPS) is 20.5. The zero-order valence-corrected chi connectivity index (χ0v) is 16.9. The number of carbonyl (C=O) groups is 3. The standard InChI is InChI=1S/C21H18ClF2N3O4/c22-13-5-11(6-14(23)8-13)10-25-19(29)21(31)3-4-27(20(21)30)17-7-12-1-2-18(28)26-16(12)9-15(17)24/h5-9,31H,1-4,10H2,(H,25,29)(H,26,28). The largest absolute Gasteiger partial charge is 0.372 e. The van der Waals surface area contributed by atoms with Crippen molar-refractivity contribution in [1.82, 2.24) is 5.32 Å². The molecule has 3 N–H and O–H groups in total. The number of anilines is 2. The first-order valence-corrected chi connectivity index (χ1v) is 9.95. The van der Waals surface area contributed by atoms with E-state index < -0.39 is 29.0 Å². The molecule has 0 saturated carbocycles. The Morgan fingerprint density at radius 2 is 1.97 bits per heavy atom. The van der Waals surface area contributed by atoms with Crippen LogP contribution in [0.25, 0.3) is 0 Å². The molecule has 2 aliphatic rings. The van der Waals surface area contributed by atoms with Crippen LogP contribution in [0, 0.1) is 11.6 Å². The second-order valence-electron chi connectivity index (χ2n) is 7.54. The molecule has 2 aromatic rings. The Labute approximate surface area is 181 Å². The Morgan fingerprint density at radius 3 is 2.71 bits per heavy atom. The molecule has 0 aliphatic carbocycles. The van der Waals surface area contributed by atoms with Gasteiger partial charge in [-0.3, -0.25) is 14.4 Å². The molecule has 31 heavy (non-hydrogen) atoms. The highest BCUT2D eigenvalue weighted by Gasteiger charge is 2.52. The number of hydrogen-bond acceptors (Lipinski definition) is 4. The molecule has 1 unspecified atom stereocenters. The molecule has 10 heteroatoms. The van der Waals surface area contributed by atoms with Crippen LogP contribution in [0.15, 0.2) is 30.3 Å². The number of hydrogen-bond donors (Lipinski definition) is 3. The van der Waals surface area contributed by atoms with Crippen LogP contribution in [0.4, 0.5) is 20.2 Å². The summed E-state index contributed by atoms with van der Waals surface area (Å²) in [6.45, 7) is -0.227. The molecule has 3 amide bonds. The van der Waals surface area contributed by atoms with Gasteiger partial charge in [0.15, 0.2) is 0 Å². The molecule has 0 aromatic heterocycles. The average molecular weight is 450 g/mol. The zero-order valence-electron chi connectivity index (χ0n) is 16.2. The molecule has 1 fully saturated rings. The third kappa shape index (κ3) is 3.98. The zero-order chi connectivity index (χ0) is 22.3. The van der Waals surface area contributed by atoms with Crippen LogP contribution in [-0.2, 0) is 27.3 Å². The van der Waals surface area contributed by atoms with Crippen molar-refractivity contribution in [3.63, 3.8) is 0 Å². The highest BCUT2D eigenvalue weighted by atomic mass is 35.5. The van der Waals surface area contributed by atoms with Crippen LogP contribution in [0.2, 0.25) is 5.02 Å². The van der Waals surface area contributed by atoms with Crippen molar-refractivity contribution in [3.05, 3.63) is 58.1 Å². The maximum Gasteiger partial charge on any atom is 0.268 e. The number of carbonyl (C=O) groups excluding carboxylic acids is 3. The SMILES string of the molecule is O=C1CCc2cc(N3CCC(O)(C(=O)NCc4cc(F)cc(Cl)c4)C3=O)c(F)cc2N1. The molecule has 4 rings (SSSR count). The van der Waals surface area contributed by atoms with Gasteiger partial charge in [-0.1, -0.05) is 11.6 Å². The minimum atomic E-state index is -2.38. The van der Waals surface area contributed by atoms with E-state index in [0.717, 1.165) is 17.0 Å². The number of aliphatic hydroxyl groups is 1. The van der Waals surface area contributed by atoms with Gasteiger partial charge in [-0.25, -0.2) is 8.78 Å². The number of rotatable bonds is 4. The maximum atomic E-state index is 14.7. The summed E-state index contributed by atoms with van der Waals surface area (Å²) in [5.74, 6) is -3.49. The van der Waals surface area contributed by atoms with Gasteiger partial charge in [0.2, 0.25) is 11.5 Å². The molecule has 1 atom stereocenters. The van der Waals surface area contributed by atoms with Crippen LogP contribution in [0.1, 0.15) is 24.0 Å². The summed E-state index contributed by atoms with van der Waals surface area (Å²) in [5.41, 5.74) is -1.10. The van der Waals surface area contributed by atoms with E-state index in [2.05, 4.69) is 10.6 Å². The first-order chi connectivity index (χ1) is 14.7. The van der Waals surface area contributed by atoms with E-state index in [-0.39, 0.29) is 42.5 Å². The third-order valence-electron chi connectivity index (χ3n) is 5.41. The lowest BCUT2D eigenvalue weighted by Gasteiger charge is -2.24. The molecule has 7 nitrogen and oxygen atoms in total. The van der Waals surface area contributed by atoms with Gasteiger partial charge in [0.25, 0.3) is 11.8 Å². The van der Waals surface area contributed by atoms with E-state index in [4.69, 9.17) is 11.6 Å². The van der Waals surface area contributed by atoms with Crippen LogP contribution in [-0.4, -0.2) is 35.0 Å². The van der Waals surface area contributed by atoms with Gasteiger partial charge in [-0.2, -0.15) is 0 Å².